The van der Waals surface area contributed by atoms with Crippen molar-refractivity contribution in [3.05, 3.63) is 32.6 Å². The average molecular weight is 188 g/mol. The van der Waals surface area contributed by atoms with Crippen molar-refractivity contribution in [1.82, 2.24) is 9.97 Å². The van der Waals surface area contributed by atoms with Gasteiger partial charge in [0.05, 0.1) is 7.11 Å². The molecule has 0 atom stereocenters. The van der Waals surface area contributed by atoms with E-state index in [1.54, 1.807) is 0 Å². The molecule has 0 saturated heterocycles. The van der Waals surface area contributed by atoms with E-state index in [2.05, 4.69) is 9.72 Å². The fourth-order valence-corrected chi connectivity index (χ4v) is 0.671. The van der Waals surface area contributed by atoms with E-state index in [0.29, 0.717) is 0 Å². The van der Waals surface area contributed by atoms with E-state index in [-0.39, 0.29) is 11.0 Å². The van der Waals surface area contributed by atoms with Crippen LogP contribution >= 0.6 is 0 Å². The number of aromatic amines is 2. The van der Waals surface area contributed by atoms with Crippen molar-refractivity contribution in [2.24, 2.45) is 0 Å². The molecule has 13 heavy (non-hydrogen) atoms. The molecular formula is C6H8N2O5. The first-order valence-corrected chi connectivity index (χ1v) is 3.05. The Morgan fingerprint density at radius 3 is 2.54 bits per heavy atom. The molecule has 0 amide bonds. The van der Waals surface area contributed by atoms with Gasteiger partial charge in [0.25, 0.3) is 5.56 Å². The first-order valence-electron chi connectivity index (χ1n) is 3.05. The van der Waals surface area contributed by atoms with Crippen molar-refractivity contribution in [2.75, 3.05) is 7.11 Å². The number of carbonyl (C=O) groups is 1. The monoisotopic (exact) mass is 188 g/mol. The normalized spacial score (nSPS) is 8.69. The van der Waals surface area contributed by atoms with Crippen LogP contribution in [0, 0.1) is 0 Å². The van der Waals surface area contributed by atoms with Gasteiger partial charge in [-0.3, -0.25) is 9.78 Å². The maximum atomic E-state index is 10.9. The van der Waals surface area contributed by atoms with Crippen molar-refractivity contribution in [2.45, 2.75) is 0 Å². The summed E-state index contributed by atoms with van der Waals surface area (Å²) < 4.78 is 4.28. The number of nitrogens with one attached hydrogen (secondary N) is 2. The van der Waals surface area contributed by atoms with Crippen molar-refractivity contribution in [1.29, 1.82) is 0 Å². The molecule has 1 aromatic rings. The molecule has 0 aliphatic heterocycles. The van der Waals surface area contributed by atoms with E-state index < -0.39 is 17.2 Å². The van der Waals surface area contributed by atoms with E-state index in [0.717, 1.165) is 13.3 Å². The zero-order chi connectivity index (χ0) is 9.14. The molecule has 0 fully saturated rings. The third-order valence-electron chi connectivity index (χ3n) is 1.22. The van der Waals surface area contributed by atoms with Crippen LogP contribution in [0.15, 0.2) is 15.8 Å². The Kier molecular flexibility index (Phi) is 3.60. The van der Waals surface area contributed by atoms with Gasteiger partial charge in [-0.05, 0) is 0 Å². The van der Waals surface area contributed by atoms with Crippen LogP contribution in [0.25, 0.3) is 0 Å². The summed E-state index contributed by atoms with van der Waals surface area (Å²) in [6, 6.07) is 0. The van der Waals surface area contributed by atoms with Crippen molar-refractivity contribution >= 4 is 5.97 Å². The Morgan fingerprint density at radius 2 is 2.08 bits per heavy atom. The minimum Gasteiger partial charge on any atom is -0.465 e. The number of esters is 1. The lowest BCUT2D eigenvalue weighted by Gasteiger charge is -1.94. The molecule has 0 aliphatic rings. The van der Waals surface area contributed by atoms with Gasteiger partial charge in [-0.2, -0.15) is 0 Å². The highest BCUT2D eigenvalue weighted by Gasteiger charge is 2.09. The van der Waals surface area contributed by atoms with Gasteiger partial charge in [0, 0.05) is 6.20 Å². The quantitative estimate of drug-likeness (QED) is 0.495. The minimum absolute atomic E-state index is 0. The third kappa shape index (κ3) is 2.27. The van der Waals surface area contributed by atoms with Crippen LogP contribution in [0.5, 0.6) is 0 Å². The van der Waals surface area contributed by atoms with Crippen LogP contribution in [0.4, 0.5) is 0 Å². The number of hydrogen-bond donors (Lipinski definition) is 2. The van der Waals surface area contributed by atoms with Gasteiger partial charge < -0.3 is 15.2 Å². The lowest BCUT2D eigenvalue weighted by Crippen LogP contribution is -2.27. The van der Waals surface area contributed by atoms with Crippen molar-refractivity contribution in [3.8, 4) is 0 Å². The fourth-order valence-electron chi connectivity index (χ4n) is 0.671. The molecule has 7 heteroatoms. The number of methoxy groups -OCH3 is 1. The maximum absolute atomic E-state index is 10.9. The first-order chi connectivity index (χ1) is 5.65. The fraction of sp³-hybridized carbons (Fsp3) is 0.167. The molecule has 1 heterocycles. The number of ether oxygens (including phenoxy) is 1. The topological polar surface area (TPSA) is 124 Å². The Morgan fingerprint density at radius 1 is 1.46 bits per heavy atom. The Hall–Kier alpha value is -1.89. The van der Waals surface area contributed by atoms with E-state index in [9.17, 15) is 14.4 Å². The summed E-state index contributed by atoms with van der Waals surface area (Å²) in [5.41, 5.74) is -1.64. The van der Waals surface area contributed by atoms with E-state index in [1.165, 1.54) is 0 Å². The highest BCUT2D eigenvalue weighted by molar-refractivity contribution is 5.88. The molecule has 72 valence electrons. The van der Waals surface area contributed by atoms with Gasteiger partial charge >= 0.3 is 11.7 Å². The Balaban J connectivity index is 0.00000144. The van der Waals surface area contributed by atoms with E-state index in [4.69, 9.17) is 0 Å². The third-order valence-corrected chi connectivity index (χ3v) is 1.22. The molecule has 0 saturated carbocycles. The molecule has 0 unspecified atom stereocenters. The second-order valence-corrected chi connectivity index (χ2v) is 1.98. The van der Waals surface area contributed by atoms with Crippen LogP contribution in [-0.2, 0) is 4.74 Å². The van der Waals surface area contributed by atoms with Gasteiger partial charge in [-0.15, -0.1) is 0 Å². The minimum atomic E-state index is -0.785. The number of H-pyrrole nitrogens is 2. The summed E-state index contributed by atoms with van der Waals surface area (Å²) in [6.07, 6.45) is 1.01. The maximum Gasteiger partial charge on any atom is 0.345 e. The smallest absolute Gasteiger partial charge is 0.345 e. The summed E-state index contributed by atoms with van der Waals surface area (Å²) in [6.45, 7) is 0. The van der Waals surface area contributed by atoms with Crippen LogP contribution in [0.3, 0.4) is 0 Å². The largest absolute Gasteiger partial charge is 0.465 e. The van der Waals surface area contributed by atoms with Gasteiger partial charge in [-0.1, -0.05) is 0 Å². The van der Waals surface area contributed by atoms with E-state index >= 15 is 0 Å². The summed E-state index contributed by atoms with van der Waals surface area (Å²) >= 11 is 0. The zero-order valence-corrected chi connectivity index (χ0v) is 6.71. The lowest BCUT2D eigenvalue weighted by atomic mass is 10.3. The highest BCUT2D eigenvalue weighted by Crippen LogP contribution is 1.86. The standard InChI is InChI=1S/C6H6N2O4.H2O/c1-12-5(10)3-2-7-6(11)8-4(3)9;/h2H,1H3,(H2,7,8,9,11);1H2. The SMILES string of the molecule is COC(=O)c1c[nH]c(=O)[nH]c1=O.O. The second-order valence-electron chi connectivity index (χ2n) is 1.98. The van der Waals surface area contributed by atoms with Gasteiger partial charge in [-0.25, -0.2) is 9.59 Å². The molecule has 0 aliphatic carbocycles. The zero-order valence-electron chi connectivity index (χ0n) is 6.71. The number of carbonyl (C=O) groups excluding carboxylic acids is 1. The predicted molar refractivity (Wildman–Crippen MR) is 42.6 cm³/mol. The average Bonchev–Trinajstić information content (AvgIpc) is 2.03. The van der Waals surface area contributed by atoms with E-state index in [1.807, 2.05) is 4.98 Å². The molecule has 0 aromatic carbocycles. The summed E-state index contributed by atoms with van der Waals surface area (Å²) in [4.78, 5) is 36.2. The first kappa shape index (κ1) is 11.1. The van der Waals surface area contributed by atoms with Gasteiger partial charge in [0.2, 0.25) is 0 Å². The van der Waals surface area contributed by atoms with Crippen LogP contribution in [-0.4, -0.2) is 28.5 Å². The summed E-state index contributed by atoms with van der Waals surface area (Å²) in [7, 11) is 1.15. The van der Waals surface area contributed by atoms with Crippen molar-refractivity contribution in [3.63, 3.8) is 0 Å². The molecule has 0 radical (unpaired) electrons. The molecule has 0 spiro atoms. The molecule has 1 rings (SSSR count). The highest BCUT2D eigenvalue weighted by atomic mass is 16.5. The van der Waals surface area contributed by atoms with Crippen LogP contribution in [0.2, 0.25) is 0 Å². The molecule has 0 bridgehead atoms. The summed E-state index contributed by atoms with van der Waals surface area (Å²) in [5, 5.41) is 0. The van der Waals surface area contributed by atoms with Crippen molar-refractivity contribution < 1.29 is 15.0 Å². The lowest BCUT2D eigenvalue weighted by molar-refractivity contribution is 0.0598. The molecule has 1 aromatic heterocycles. The second kappa shape index (κ2) is 4.21. The summed E-state index contributed by atoms with van der Waals surface area (Å²) in [5.74, 6) is -0.785. The number of aromatic nitrogens is 2. The van der Waals surface area contributed by atoms with Gasteiger partial charge in [0.1, 0.15) is 5.56 Å². The molecule has 7 nitrogen and oxygen atoms in total. The van der Waals surface area contributed by atoms with Gasteiger partial charge in [0.15, 0.2) is 0 Å². The predicted octanol–water partition coefficient (Wildman–Crippen LogP) is -1.97. The molecular weight excluding hydrogens is 180 g/mol. The number of hydrogen-bond acceptors (Lipinski definition) is 4. The van der Waals surface area contributed by atoms with Crippen LogP contribution < -0.4 is 11.2 Å². The van der Waals surface area contributed by atoms with Crippen LogP contribution in [0.1, 0.15) is 10.4 Å². The Labute approximate surface area is 71.7 Å². The molecule has 4 N–H and O–H groups in total. The number of rotatable bonds is 1. The Bertz CT molecular complexity index is 404.